The summed E-state index contributed by atoms with van der Waals surface area (Å²) in [6.07, 6.45) is 2.12. The Morgan fingerprint density at radius 1 is 1.52 bits per heavy atom. The van der Waals surface area contributed by atoms with Crippen molar-refractivity contribution in [3.05, 3.63) is 24.2 Å². The lowest BCUT2D eigenvalue weighted by molar-refractivity contribution is -0.131. The third kappa shape index (κ3) is 5.23. The molecule has 3 heterocycles. The molecule has 1 saturated heterocycles. The number of carbonyl (C=O) groups excluding carboxylic acids is 1. The van der Waals surface area contributed by atoms with Crippen molar-refractivity contribution in [2.75, 3.05) is 23.4 Å². The third-order valence-corrected chi connectivity index (χ3v) is 8.10. The van der Waals surface area contributed by atoms with Crippen LogP contribution in [0.15, 0.2) is 27.2 Å². The highest BCUT2D eigenvalue weighted by molar-refractivity contribution is 8.02. The lowest BCUT2D eigenvalue weighted by atomic mass is 10.2. The molecule has 0 saturated carbocycles. The molecule has 27 heavy (non-hydrogen) atoms. The zero-order chi connectivity index (χ0) is 19.4. The fraction of sp³-hybridized carbons (Fsp3) is 0.562. The van der Waals surface area contributed by atoms with Crippen LogP contribution in [0.5, 0.6) is 0 Å². The van der Waals surface area contributed by atoms with Gasteiger partial charge in [-0.3, -0.25) is 4.79 Å². The number of anilines is 1. The summed E-state index contributed by atoms with van der Waals surface area (Å²) in [7, 11) is -3.03. The smallest absolute Gasteiger partial charge is 0.236 e. The van der Waals surface area contributed by atoms with E-state index in [0.29, 0.717) is 29.0 Å². The zero-order valence-electron chi connectivity index (χ0n) is 15.1. The Hall–Kier alpha value is -1.59. The number of aromatic nitrogens is 2. The summed E-state index contributed by atoms with van der Waals surface area (Å²) in [5, 5.41) is 11.6. The van der Waals surface area contributed by atoms with E-state index in [1.54, 1.807) is 11.2 Å². The minimum Gasteiger partial charge on any atom is -0.467 e. The lowest BCUT2D eigenvalue weighted by Crippen LogP contribution is -2.44. The number of furan rings is 1. The number of rotatable bonds is 8. The molecular formula is C16H22N4O4S3. The molecule has 148 valence electrons. The molecule has 1 aliphatic rings. The Morgan fingerprint density at radius 3 is 2.96 bits per heavy atom. The van der Waals surface area contributed by atoms with E-state index in [4.69, 9.17) is 4.42 Å². The van der Waals surface area contributed by atoms with Crippen LogP contribution in [0.3, 0.4) is 0 Å². The van der Waals surface area contributed by atoms with Gasteiger partial charge in [-0.25, -0.2) is 8.42 Å². The second kappa shape index (κ2) is 8.61. The van der Waals surface area contributed by atoms with Crippen LogP contribution < -0.4 is 5.32 Å². The molecule has 1 fully saturated rings. The van der Waals surface area contributed by atoms with Gasteiger partial charge < -0.3 is 14.6 Å². The Kier molecular flexibility index (Phi) is 6.43. The van der Waals surface area contributed by atoms with E-state index in [-0.39, 0.29) is 28.7 Å². The first-order valence-corrected chi connectivity index (χ1v) is 12.2. The average Bonchev–Trinajstić information content (AvgIpc) is 3.35. The molecule has 1 N–H and O–H groups in total. The van der Waals surface area contributed by atoms with Crippen LogP contribution in [0, 0.1) is 0 Å². The maximum atomic E-state index is 12.8. The first kappa shape index (κ1) is 20.2. The molecule has 0 aliphatic carbocycles. The van der Waals surface area contributed by atoms with Crippen LogP contribution >= 0.6 is 23.1 Å². The highest BCUT2D eigenvalue weighted by atomic mass is 32.2. The van der Waals surface area contributed by atoms with Crippen LogP contribution in [0.4, 0.5) is 5.13 Å². The average molecular weight is 431 g/mol. The number of hydrogen-bond acceptors (Lipinski definition) is 9. The second-order valence-electron chi connectivity index (χ2n) is 6.25. The number of nitrogens with one attached hydrogen (secondary N) is 1. The van der Waals surface area contributed by atoms with Crippen molar-refractivity contribution < 1.29 is 17.6 Å². The number of sulfone groups is 1. The topological polar surface area (TPSA) is 105 Å². The van der Waals surface area contributed by atoms with Crippen molar-refractivity contribution in [3.8, 4) is 0 Å². The van der Waals surface area contributed by atoms with E-state index in [2.05, 4.69) is 15.5 Å². The Labute approximate surface area is 166 Å². The first-order valence-electron chi connectivity index (χ1n) is 8.65. The highest BCUT2D eigenvalue weighted by Crippen LogP contribution is 2.31. The summed E-state index contributed by atoms with van der Waals surface area (Å²) in [5.74, 6) is 0.950. The van der Waals surface area contributed by atoms with Crippen molar-refractivity contribution in [3.63, 3.8) is 0 Å². The number of amides is 1. The van der Waals surface area contributed by atoms with Gasteiger partial charge in [0.1, 0.15) is 5.76 Å². The van der Waals surface area contributed by atoms with Gasteiger partial charge in [0.05, 0.1) is 29.6 Å². The maximum absolute atomic E-state index is 12.8. The van der Waals surface area contributed by atoms with E-state index in [0.717, 1.165) is 5.76 Å². The van der Waals surface area contributed by atoms with Crippen molar-refractivity contribution in [2.45, 2.75) is 42.4 Å². The van der Waals surface area contributed by atoms with Crippen LogP contribution in [0.1, 0.15) is 26.0 Å². The molecule has 1 aliphatic heterocycles. The maximum Gasteiger partial charge on any atom is 0.236 e. The minimum atomic E-state index is -3.03. The summed E-state index contributed by atoms with van der Waals surface area (Å²) in [5.41, 5.74) is 0. The normalized spacial score (nSPS) is 19.7. The summed E-state index contributed by atoms with van der Waals surface area (Å²) in [6.45, 7) is 4.70. The van der Waals surface area contributed by atoms with Crippen LogP contribution in [0.25, 0.3) is 0 Å². The van der Waals surface area contributed by atoms with Crippen molar-refractivity contribution >= 4 is 44.0 Å². The van der Waals surface area contributed by atoms with Crippen LogP contribution in [-0.4, -0.2) is 58.8 Å². The molecular weight excluding hydrogens is 408 g/mol. The van der Waals surface area contributed by atoms with Gasteiger partial charge in [-0.05, 0) is 32.4 Å². The van der Waals surface area contributed by atoms with E-state index in [9.17, 15) is 13.2 Å². The van der Waals surface area contributed by atoms with E-state index in [1.165, 1.54) is 23.1 Å². The molecule has 0 radical (unpaired) electrons. The van der Waals surface area contributed by atoms with Crippen LogP contribution in [-0.2, 0) is 21.2 Å². The van der Waals surface area contributed by atoms with E-state index >= 15 is 0 Å². The molecule has 1 amide bonds. The molecule has 2 aromatic rings. The van der Waals surface area contributed by atoms with Crippen molar-refractivity contribution in [1.29, 1.82) is 0 Å². The number of thioether (sulfide) groups is 1. The molecule has 2 aromatic heterocycles. The minimum absolute atomic E-state index is 0.0591. The van der Waals surface area contributed by atoms with E-state index in [1.807, 2.05) is 26.0 Å². The Balaban J connectivity index is 1.56. The van der Waals surface area contributed by atoms with Gasteiger partial charge in [-0.2, -0.15) is 0 Å². The molecule has 0 spiro atoms. The van der Waals surface area contributed by atoms with Gasteiger partial charge in [0.15, 0.2) is 14.2 Å². The Bertz CT molecular complexity index is 866. The molecule has 11 heteroatoms. The third-order valence-electron chi connectivity index (χ3n) is 4.30. The van der Waals surface area contributed by atoms with Gasteiger partial charge in [0.25, 0.3) is 0 Å². The summed E-state index contributed by atoms with van der Waals surface area (Å²) in [6, 6.07) is 3.46. The van der Waals surface area contributed by atoms with Gasteiger partial charge in [0, 0.05) is 12.6 Å². The fourth-order valence-electron chi connectivity index (χ4n) is 2.96. The summed E-state index contributed by atoms with van der Waals surface area (Å²) in [4.78, 5) is 14.5. The summed E-state index contributed by atoms with van der Waals surface area (Å²) >= 11 is 2.71. The SMILES string of the molecule is CCN(C(=O)[C@H](C)Sc1nnc(NCc2ccco2)s1)[C@@H]1CCS(=O)(=O)C1. The van der Waals surface area contributed by atoms with Gasteiger partial charge >= 0.3 is 0 Å². The highest BCUT2D eigenvalue weighted by Gasteiger charge is 2.35. The number of carbonyl (C=O) groups is 1. The van der Waals surface area contributed by atoms with Gasteiger partial charge in [0.2, 0.25) is 11.0 Å². The largest absolute Gasteiger partial charge is 0.467 e. The monoisotopic (exact) mass is 430 g/mol. The first-order chi connectivity index (χ1) is 12.9. The van der Waals surface area contributed by atoms with Crippen LogP contribution in [0.2, 0.25) is 0 Å². The second-order valence-corrected chi connectivity index (χ2v) is 11.0. The number of hydrogen-bond donors (Lipinski definition) is 1. The predicted octanol–water partition coefficient (Wildman–Crippen LogP) is 2.26. The van der Waals surface area contributed by atoms with Gasteiger partial charge in [-0.15, -0.1) is 10.2 Å². The van der Waals surface area contributed by atoms with Crippen molar-refractivity contribution in [1.82, 2.24) is 15.1 Å². The quantitative estimate of drug-likeness (QED) is 0.636. The summed E-state index contributed by atoms with van der Waals surface area (Å²) < 4.78 is 29.4. The molecule has 0 bridgehead atoms. The standard InChI is InChI=1S/C16H22N4O4S3/c1-3-20(12-6-8-27(22,23)10-12)14(21)11(2)25-16-19-18-15(26-16)17-9-13-5-4-7-24-13/h4-5,7,11-12H,3,6,8-10H2,1-2H3,(H,17,18)/t11-,12+/m0/s1. The fourth-order valence-corrected chi connectivity index (χ4v) is 6.65. The molecule has 3 rings (SSSR count). The number of nitrogens with zero attached hydrogens (tertiary/aromatic N) is 3. The molecule has 2 atom stereocenters. The zero-order valence-corrected chi connectivity index (χ0v) is 17.6. The van der Waals surface area contributed by atoms with Gasteiger partial charge in [-0.1, -0.05) is 23.1 Å². The lowest BCUT2D eigenvalue weighted by Gasteiger charge is -2.29. The van der Waals surface area contributed by atoms with E-state index < -0.39 is 9.84 Å². The molecule has 8 nitrogen and oxygen atoms in total. The molecule has 0 unspecified atom stereocenters. The Morgan fingerprint density at radius 2 is 2.33 bits per heavy atom. The predicted molar refractivity (Wildman–Crippen MR) is 106 cm³/mol. The van der Waals surface area contributed by atoms with Crippen molar-refractivity contribution in [2.24, 2.45) is 0 Å². The molecule has 0 aromatic carbocycles.